The predicted octanol–water partition coefficient (Wildman–Crippen LogP) is 1.56. The van der Waals surface area contributed by atoms with Crippen LogP contribution in [0.15, 0.2) is 10.3 Å². The first-order valence-electron chi connectivity index (χ1n) is 5.13. The van der Waals surface area contributed by atoms with E-state index in [1.807, 2.05) is 0 Å². The van der Waals surface area contributed by atoms with E-state index in [2.05, 4.69) is 36.9 Å². The van der Waals surface area contributed by atoms with E-state index in [1.54, 1.807) is 23.7 Å². The van der Waals surface area contributed by atoms with Crippen LogP contribution in [0.5, 0.6) is 0 Å². The molecule has 0 amide bonds. The van der Waals surface area contributed by atoms with Gasteiger partial charge in [-0.15, -0.1) is 11.8 Å². The molecular weight excluding hydrogens is 228 g/mol. The lowest BCUT2D eigenvalue weighted by Crippen LogP contribution is -2.41. The van der Waals surface area contributed by atoms with Crippen LogP contribution < -0.4 is 10.0 Å². The maximum Gasteiger partial charge on any atom is 0.0758 e. The zero-order valence-electron chi connectivity index (χ0n) is 9.54. The van der Waals surface area contributed by atoms with Crippen LogP contribution in [-0.2, 0) is 0 Å². The highest BCUT2D eigenvalue weighted by Crippen LogP contribution is 2.29. The van der Waals surface area contributed by atoms with Gasteiger partial charge in [0.15, 0.2) is 0 Å². The summed E-state index contributed by atoms with van der Waals surface area (Å²) in [6.07, 6.45) is 1.87. The Labute approximate surface area is 101 Å². The van der Waals surface area contributed by atoms with E-state index in [-0.39, 0.29) is 11.6 Å². The van der Waals surface area contributed by atoms with Crippen molar-refractivity contribution in [3.63, 3.8) is 0 Å². The van der Waals surface area contributed by atoms with Gasteiger partial charge in [0.2, 0.25) is 0 Å². The molecule has 3 nitrogen and oxygen atoms in total. The quantitative estimate of drug-likeness (QED) is 0.645. The molecule has 0 spiro atoms. The molecule has 1 aliphatic rings. The largest absolute Gasteiger partial charge is 0.391 e. The van der Waals surface area contributed by atoms with Crippen molar-refractivity contribution in [3.8, 4) is 0 Å². The lowest BCUT2D eigenvalue weighted by Gasteiger charge is -2.22. The van der Waals surface area contributed by atoms with Crippen LogP contribution in [0.1, 0.15) is 20.8 Å². The number of nitrogens with one attached hydrogen (secondary N) is 2. The van der Waals surface area contributed by atoms with Gasteiger partial charge >= 0.3 is 0 Å². The van der Waals surface area contributed by atoms with Crippen molar-refractivity contribution in [2.45, 2.75) is 32.4 Å². The van der Waals surface area contributed by atoms with Crippen LogP contribution in [0.3, 0.4) is 0 Å². The third-order valence-electron chi connectivity index (χ3n) is 1.81. The fourth-order valence-electron chi connectivity index (χ4n) is 1.03. The number of β-amino-alcohol motifs (C(OH)–C–C–N with tert-alkyl or cyclic N) is 1. The SMILES string of the molecule is CC(C)(C)NCC(O)CSC1=CCNS1. The topological polar surface area (TPSA) is 44.3 Å². The van der Waals surface area contributed by atoms with Crippen LogP contribution in [0, 0.1) is 0 Å². The third kappa shape index (κ3) is 6.48. The number of hydrogen-bond acceptors (Lipinski definition) is 5. The normalized spacial score (nSPS) is 19.1. The van der Waals surface area contributed by atoms with Gasteiger partial charge in [0, 0.05) is 24.4 Å². The first kappa shape index (κ1) is 13.4. The summed E-state index contributed by atoms with van der Waals surface area (Å²) in [6, 6.07) is 0. The summed E-state index contributed by atoms with van der Waals surface area (Å²) in [5.74, 6) is 0.754. The molecule has 1 unspecified atom stereocenters. The van der Waals surface area contributed by atoms with E-state index >= 15 is 0 Å². The predicted molar refractivity (Wildman–Crippen MR) is 69.9 cm³/mol. The summed E-state index contributed by atoms with van der Waals surface area (Å²) >= 11 is 3.36. The van der Waals surface area contributed by atoms with Gasteiger partial charge in [0.1, 0.15) is 0 Å². The molecule has 1 rings (SSSR count). The van der Waals surface area contributed by atoms with Gasteiger partial charge in [0.05, 0.1) is 10.3 Å². The van der Waals surface area contributed by atoms with Gasteiger partial charge < -0.3 is 10.4 Å². The minimum absolute atomic E-state index is 0.0780. The van der Waals surface area contributed by atoms with Gasteiger partial charge in [-0.3, -0.25) is 4.72 Å². The van der Waals surface area contributed by atoms with Crippen molar-refractivity contribution in [3.05, 3.63) is 10.3 Å². The molecule has 15 heavy (non-hydrogen) atoms. The zero-order valence-corrected chi connectivity index (χ0v) is 11.2. The van der Waals surface area contributed by atoms with E-state index in [1.165, 1.54) is 4.24 Å². The van der Waals surface area contributed by atoms with Crippen LogP contribution in [0.2, 0.25) is 0 Å². The average Bonchev–Trinajstić information content (AvgIpc) is 2.62. The molecule has 3 N–H and O–H groups in total. The van der Waals surface area contributed by atoms with Gasteiger partial charge in [-0.1, -0.05) is 0 Å². The molecule has 0 radical (unpaired) electrons. The van der Waals surface area contributed by atoms with Crippen LogP contribution >= 0.6 is 23.7 Å². The number of hydrogen-bond donors (Lipinski definition) is 3. The van der Waals surface area contributed by atoms with Crippen molar-refractivity contribution >= 4 is 23.7 Å². The summed E-state index contributed by atoms with van der Waals surface area (Å²) in [5, 5.41) is 13.0. The molecule has 0 fully saturated rings. The fraction of sp³-hybridized carbons (Fsp3) is 0.800. The Bertz CT molecular complexity index is 226. The van der Waals surface area contributed by atoms with Gasteiger partial charge in [-0.25, -0.2) is 0 Å². The number of thioether (sulfide) groups is 1. The van der Waals surface area contributed by atoms with Crippen molar-refractivity contribution in [1.82, 2.24) is 10.0 Å². The maximum atomic E-state index is 9.73. The van der Waals surface area contributed by atoms with E-state index in [0.717, 1.165) is 12.3 Å². The van der Waals surface area contributed by atoms with Crippen LogP contribution in [0.25, 0.3) is 0 Å². The first-order chi connectivity index (χ1) is 6.97. The van der Waals surface area contributed by atoms with Crippen molar-refractivity contribution in [2.24, 2.45) is 0 Å². The van der Waals surface area contributed by atoms with Crippen LogP contribution in [0.4, 0.5) is 0 Å². The Morgan fingerprint density at radius 2 is 2.40 bits per heavy atom. The van der Waals surface area contributed by atoms with E-state index < -0.39 is 0 Å². The Kier molecular flexibility index (Phi) is 5.49. The van der Waals surface area contributed by atoms with E-state index in [4.69, 9.17) is 0 Å². The summed E-state index contributed by atoms with van der Waals surface area (Å²) in [7, 11) is 0. The van der Waals surface area contributed by atoms with Crippen molar-refractivity contribution in [1.29, 1.82) is 0 Å². The molecule has 0 aromatic rings. The summed E-state index contributed by atoms with van der Waals surface area (Å²) in [5.41, 5.74) is 0.0780. The maximum absolute atomic E-state index is 9.73. The molecule has 0 saturated heterocycles. The molecule has 0 bridgehead atoms. The minimum atomic E-state index is -0.281. The molecule has 0 aromatic heterocycles. The molecule has 1 aliphatic heterocycles. The minimum Gasteiger partial charge on any atom is -0.391 e. The summed E-state index contributed by atoms with van der Waals surface area (Å²) in [6.45, 7) is 7.90. The standard InChI is InChI=1S/C10H20N2OS2/c1-10(2,3)11-6-8(13)7-14-9-4-5-12-15-9/h4,8,11-13H,5-7H2,1-3H3. The molecule has 0 aliphatic carbocycles. The summed E-state index contributed by atoms with van der Waals surface area (Å²) < 4.78 is 4.43. The summed E-state index contributed by atoms with van der Waals surface area (Å²) in [4.78, 5) is 0. The Balaban J connectivity index is 2.10. The van der Waals surface area contributed by atoms with Crippen molar-refractivity contribution < 1.29 is 5.11 Å². The van der Waals surface area contributed by atoms with Gasteiger partial charge in [0.25, 0.3) is 0 Å². The molecule has 5 heteroatoms. The number of rotatable bonds is 5. The highest BCUT2D eigenvalue weighted by molar-refractivity contribution is 8.21. The highest BCUT2D eigenvalue weighted by atomic mass is 32.2. The van der Waals surface area contributed by atoms with Crippen molar-refractivity contribution in [2.75, 3.05) is 18.8 Å². The Morgan fingerprint density at radius 1 is 1.67 bits per heavy atom. The fourth-order valence-corrected chi connectivity index (χ4v) is 2.80. The highest BCUT2D eigenvalue weighted by Gasteiger charge is 2.13. The molecule has 1 heterocycles. The van der Waals surface area contributed by atoms with E-state index in [9.17, 15) is 5.11 Å². The zero-order chi connectivity index (χ0) is 11.3. The lowest BCUT2D eigenvalue weighted by atomic mass is 10.1. The average molecular weight is 248 g/mol. The second-order valence-electron chi connectivity index (χ2n) is 4.57. The third-order valence-corrected chi connectivity index (χ3v) is 4.10. The van der Waals surface area contributed by atoms with Gasteiger partial charge in [-0.05, 0) is 38.8 Å². The van der Waals surface area contributed by atoms with E-state index in [0.29, 0.717) is 6.54 Å². The first-order valence-corrected chi connectivity index (χ1v) is 6.93. The van der Waals surface area contributed by atoms with Gasteiger partial charge in [-0.2, -0.15) is 0 Å². The molecule has 0 aromatic carbocycles. The Hall–Kier alpha value is 0.320. The molecule has 1 atom stereocenters. The number of aliphatic hydroxyl groups excluding tert-OH is 1. The molecular formula is C10H20N2OS2. The number of aliphatic hydroxyl groups is 1. The van der Waals surface area contributed by atoms with Crippen LogP contribution in [-0.4, -0.2) is 35.6 Å². The lowest BCUT2D eigenvalue weighted by molar-refractivity contribution is 0.183. The molecule has 88 valence electrons. The smallest absolute Gasteiger partial charge is 0.0758 e. The molecule has 0 saturated carbocycles. The second kappa shape index (κ2) is 6.15. The Morgan fingerprint density at radius 3 is 2.93 bits per heavy atom. The second-order valence-corrected chi connectivity index (χ2v) is 6.82. The monoisotopic (exact) mass is 248 g/mol.